The van der Waals surface area contributed by atoms with E-state index in [9.17, 15) is 9.59 Å². The Balaban J connectivity index is 2.78. The molecule has 1 aromatic carbocycles. The van der Waals surface area contributed by atoms with Gasteiger partial charge in [-0.3, -0.25) is 9.59 Å². The molecule has 0 aromatic heterocycles. The Bertz CT molecular complexity index is 473. The lowest BCUT2D eigenvalue weighted by molar-refractivity contribution is -0.145. The molecule has 2 N–H and O–H groups in total. The summed E-state index contributed by atoms with van der Waals surface area (Å²) in [5, 5.41) is 11.6. The summed E-state index contributed by atoms with van der Waals surface area (Å²) in [6.45, 7) is 5.08. The number of anilines is 1. The number of hydrogen-bond acceptors (Lipinski definition) is 2. The summed E-state index contributed by atoms with van der Waals surface area (Å²) in [6.07, 6.45) is 0. The van der Waals surface area contributed by atoms with Crippen molar-refractivity contribution >= 4 is 33.5 Å². The number of hydrogen-bond donors (Lipinski definition) is 2. The summed E-state index contributed by atoms with van der Waals surface area (Å²) >= 11 is 3.36. The average Bonchev–Trinajstić information content (AvgIpc) is 2.30. The van der Waals surface area contributed by atoms with Crippen molar-refractivity contribution in [3.05, 3.63) is 28.2 Å². The Morgan fingerprint density at radius 3 is 2.39 bits per heavy atom. The molecule has 4 nitrogen and oxygen atoms in total. The Morgan fingerprint density at radius 1 is 1.28 bits per heavy atom. The number of rotatable bonds is 4. The molecule has 18 heavy (non-hydrogen) atoms. The van der Waals surface area contributed by atoms with Crippen molar-refractivity contribution in [1.82, 2.24) is 0 Å². The van der Waals surface area contributed by atoms with E-state index in [0.29, 0.717) is 5.69 Å². The van der Waals surface area contributed by atoms with Gasteiger partial charge in [0.2, 0.25) is 5.91 Å². The van der Waals surface area contributed by atoms with E-state index in [1.807, 2.05) is 19.1 Å². The predicted molar refractivity (Wildman–Crippen MR) is 73.5 cm³/mol. The number of carboxylic acids is 1. The van der Waals surface area contributed by atoms with Gasteiger partial charge in [-0.1, -0.05) is 19.9 Å². The third-order valence-electron chi connectivity index (χ3n) is 2.94. The first kappa shape index (κ1) is 14.7. The molecule has 0 saturated carbocycles. The van der Waals surface area contributed by atoms with Crippen LogP contribution in [0.15, 0.2) is 22.7 Å². The minimum absolute atomic E-state index is 0.297. The normalized spacial score (nSPS) is 13.8. The monoisotopic (exact) mass is 313 g/mol. The van der Waals surface area contributed by atoms with E-state index in [2.05, 4.69) is 21.2 Å². The van der Waals surface area contributed by atoms with Crippen molar-refractivity contribution in [3.8, 4) is 0 Å². The summed E-state index contributed by atoms with van der Waals surface area (Å²) in [7, 11) is 0. The number of aliphatic carboxylic acids is 1. The van der Waals surface area contributed by atoms with E-state index in [1.165, 1.54) is 6.92 Å². The van der Waals surface area contributed by atoms with Crippen LogP contribution in [-0.4, -0.2) is 17.0 Å². The molecule has 2 unspecified atom stereocenters. The van der Waals surface area contributed by atoms with Gasteiger partial charge in [0.25, 0.3) is 0 Å². The van der Waals surface area contributed by atoms with Crippen molar-refractivity contribution in [2.45, 2.75) is 20.8 Å². The molecule has 0 bridgehead atoms. The minimum atomic E-state index is -0.972. The zero-order valence-corrected chi connectivity index (χ0v) is 12.1. The molecule has 5 heteroatoms. The first-order valence-corrected chi connectivity index (χ1v) is 6.42. The summed E-state index contributed by atoms with van der Waals surface area (Å²) < 4.78 is 0.783. The third kappa shape index (κ3) is 3.57. The lowest BCUT2D eigenvalue weighted by Crippen LogP contribution is -2.30. The molecule has 0 saturated heterocycles. The van der Waals surface area contributed by atoms with Crippen LogP contribution in [-0.2, 0) is 9.59 Å². The Morgan fingerprint density at radius 2 is 1.89 bits per heavy atom. The molecular formula is C13H16BrNO3. The molecule has 0 radical (unpaired) electrons. The van der Waals surface area contributed by atoms with Gasteiger partial charge in [-0.25, -0.2) is 0 Å². The second-order valence-electron chi connectivity index (χ2n) is 4.39. The highest BCUT2D eigenvalue weighted by atomic mass is 79.9. The van der Waals surface area contributed by atoms with Gasteiger partial charge in [-0.15, -0.1) is 0 Å². The van der Waals surface area contributed by atoms with Crippen LogP contribution >= 0.6 is 15.9 Å². The van der Waals surface area contributed by atoms with Crippen LogP contribution in [0.25, 0.3) is 0 Å². The van der Waals surface area contributed by atoms with Crippen LogP contribution in [0, 0.1) is 18.8 Å². The van der Waals surface area contributed by atoms with Gasteiger partial charge in [0.1, 0.15) is 0 Å². The van der Waals surface area contributed by atoms with Gasteiger partial charge in [0, 0.05) is 10.4 Å². The summed E-state index contributed by atoms with van der Waals surface area (Å²) in [6, 6.07) is 5.56. The van der Waals surface area contributed by atoms with Gasteiger partial charge in [-0.2, -0.15) is 0 Å². The SMILES string of the molecule is Cc1ccc(NC(=O)C(C)C(C)C(=O)O)c(Br)c1. The number of carbonyl (C=O) groups is 2. The number of aryl methyl sites for hydroxylation is 1. The van der Waals surface area contributed by atoms with Crippen LogP contribution in [0.2, 0.25) is 0 Å². The standard InChI is InChI=1S/C13H16BrNO3/c1-7-4-5-11(10(14)6-7)15-12(16)8(2)9(3)13(17)18/h4-6,8-9H,1-3H3,(H,15,16)(H,17,18). The maximum absolute atomic E-state index is 11.9. The number of carboxylic acid groups (broad SMARTS) is 1. The van der Waals surface area contributed by atoms with E-state index >= 15 is 0 Å². The molecule has 0 aliphatic carbocycles. The zero-order valence-electron chi connectivity index (χ0n) is 10.5. The van der Waals surface area contributed by atoms with E-state index in [1.54, 1.807) is 13.0 Å². The number of amides is 1. The Kier molecular flexibility index (Phi) is 4.90. The van der Waals surface area contributed by atoms with Crippen LogP contribution in [0.4, 0.5) is 5.69 Å². The fourth-order valence-corrected chi connectivity index (χ4v) is 2.00. The van der Waals surface area contributed by atoms with Crippen LogP contribution < -0.4 is 5.32 Å². The topological polar surface area (TPSA) is 66.4 Å². The quantitative estimate of drug-likeness (QED) is 0.897. The molecule has 1 aromatic rings. The van der Waals surface area contributed by atoms with Crippen molar-refractivity contribution < 1.29 is 14.7 Å². The van der Waals surface area contributed by atoms with Crippen LogP contribution in [0.3, 0.4) is 0 Å². The van der Waals surface area contributed by atoms with E-state index in [-0.39, 0.29) is 5.91 Å². The van der Waals surface area contributed by atoms with E-state index in [4.69, 9.17) is 5.11 Å². The Labute approximate surface area is 115 Å². The average molecular weight is 314 g/mol. The van der Waals surface area contributed by atoms with E-state index in [0.717, 1.165) is 10.0 Å². The molecule has 0 fully saturated rings. The first-order chi connectivity index (χ1) is 8.32. The fraction of sp³-hybridized carbons (Fsp3) is 0.385. The zero-order chi connectivity index (χ0) is 13.9. The Hall–Kier alpha value is -1.36. The second-order valence-corrected chi connectivity index (χ2v) is 5.24. The molecular weight excluding hydrogens is 298 g/mol. The van der Waals surface area contributed by atoms with Crippen LogP contribution in [0.1, 0.15) is 19.4 Å². The highest BCUT2D eigenvalue weighted by Gasteiger charge is 2.26. The molecule has 1 amide bonds. The number of halogens is 1. The summed E-state index contributed by atoms with van der Waals surface area (Å²) in [5.74, 6) is -2.57. The van der Waals surface area contributed by atoms with Gasteiger partial charge < -0.3 is 10.4 Å². The molecule has 1 rings (SSSR count). The van der Waals surface area contributed by atoms with Crippen molar-refractivity contribution in [3.63, 3.8) is 0 Å². The van der Waals surface area contributed by atoms with Gasteiger partial charge in [0.05, 0.1) is 11.6 Å². The maximum Gasteiger partial charge on any atom is 0.307 e. The molecule has 0 spiro atoms. The fourth-order valence-electron chi connectivity index (χ4n) is 1.41. The molecule has 0 aliphatic heterocycles. The van der Waals surface area contributed by atoms with Crippen molar-refractivity contribution in [2.75, 3.05) is 5.32 Å². The number of benzene rings is 1. The van der Waals surface area contributed by atoms with Crippen LogP contribution in [0.5, 0.6) is 0 Å². The summed E-state index contributed by atoms with van der Waals surface area (Å²) in [5.41, 5.74) is 1.72. The first-order valence-electron chi connectivity index (χ1n) is 5.62. The molecule has 98 valence electrons. The predicted octanol–water partition coefficient (Wildman–Crippen LogP) is 3.05. The smallest absolute Gasteiger partial charge is 0.307 e. The van der Waals surface area contributed by atoms with E-state index < -0.39 is 17.8 Å². The van der Waals surface area contributed by atoms with Gasteiger partial charge >= 0.3 is 5.97 Å². The second kappa shape index (κ2) is 6.00. The third-order valence-corrected chi connectivity index (χ3v) is 3.59. The number of nitrogens with one attached hydrogen (secondary N) is 1. The highest BCUT2D eigenvalue weighted by Crippen LogP contribution is 2.24. The highest BCUT2D eigenvalue weighted by molar-refractivity contribution is 9.10. The van der Waals surface area contributed by atoms with Gasteiger partial charge in [0.15, 0.2) is 0 Å². The summed E-state index contributed by atoms with van der Waals surface area (Å²) in [4.78, 5) is 22.7. The van der Waals surface area contributed by atoms with Gasteiger partial charge in [-0.05, 0) is 40.5 Å². The lowest BCUT2D eigenvalue weighted by atomic mass is 9.95. The molecule has 0 heterocycles. The van der Waals surface area contributed by atoms with Crippen molar-refractivity contribution in [2.24, 2.45) is 11.8 Å². The minimum Gasteiger partial charge on any atom is -0.481 e. The van der Waals surface area contributed by atoms with Crippen molar-refractivity contribution in [1.29, 1.82) is 0 Å². The molecule has 0 aliphatic rings. The largest absolute Gasteiger partial charge is 0.481 e. The maximum atomic E-state index is 11.9. The molecule has 2 atom stereocenters. The lowest BCUT2D eigenvalue weighted by Gasteiger charge is -2.16. The number of carbonyl (C=O) groups excluding carboxylic acids is 1.